The van der Waals surface area contributed by atoms with Crippen molar-refractivity contribution in [1.29, 1.82) is 0 Å². The van der Waals surface area contributed by atoms with Gasteiger partial charge in [0.05, 0.1) is 5.60 Å². The third-order valence-electron chi connectivity index (χ3n) is 2.80. The molecule has 0 bridgehead atoms. The molecule has 0 spiro atoms. The molecule has 0 unspecified atom stereocenters. The molecule has 0 aliphatic rings. The second-order valence-corrected chi connectivity index (χ2v) is 4.79. The van der Waals surface area contributed by atoms with Gasteiger partial charge in [0.25, 0.3) is 0 Å². The second-order valence-electron chi connectivity index (χ2n) is 4.79. The summed E-state index contributed by atoms with van der Waals surface area (Å²) in [6, 6.07) is 8.52. The summed E-state index contributed by atoms with van der Waals surface area (Å²) >= 11 is 0. The summed E-state index contributed by atoms with van der Waals surface area (Å²) in [6.45, 7) is 4.44. The molecule has 0 saturated heterocycles. The predicted octanol–water partition coefficient (Wildman–Crippen LogP) is 2.58. The van der Waals surface area contributed by atoms with Crippen molar-refractivity contribution in [3.63, 3.8) is 0 Å². The third-order valence-corrected chi connectivity index (χ3v) is 2.80. The van der Waals surface area contributed by atoms with Crippen molar-refractivity contribution >= 4 is 0 Å². The zero-order valence-electron chi connectivity index (χ0n) is 10.5. The first-order valence-corrected chi connectivity index (χ1v) is 5.81. The van der Waals surface area contributed by atoms with Crippen molar-refractivity contribution in [2.45, 2.75) is 38.7 Å². The number of methoxy groups -OCH3 is 1. The van der Waals surface area contributed by atoms with Crippen molar-refractivity contribution in [1.82, 2.24) is 0 Å². The van der Waals surface area contributed by atoms with Crippen LogP contribution in [0.5, 0.6) is 0 Å². The zero-order valence-corrected chi connectivity index (χ0v) is 10.5. The molecule has 0 heterocycles. The maximum absolute atomic E-state index is 8.80. The monoisotopic (exact) mass is 222 g/mol. The van der Waals surface area contributed by atoms with Gasteiger partial charge in [0, 0.05) is 20.1 Å². The fourth-order valence-corrected chi connectivity index (χ4v) is 1.74. The molecular weight excluding hydrogens is 200 g/mol. The highest BCUT2D eigenvalue weighted by atomic mass is 16.5. The van der Waals surface area contributed by atoms with Gasteiger partial charge in [0.15, 0.2) is 0 Å². The highest BCUT2D eigenvalue weighted by Gasteiger charge is 2.16. The van der Waals surface area contributed by atoms with Gasteiger partial charge in [-0.2, -0.15) is 0 Å². The first-order valence-electron chi connectivity index (χ1n) is 5.81. The van der Waals surface area contributed by atoms with Crippen LogP contribution in [0.2, 0.25) is 0 Å². The van der Waals surface area contributed by atoms with Crippen LogP contribution in [-0.4, -0.2) is 24.4 Å². The molecular formula is C14H22O2. The summed E-state index contributed by atoms with van der Waals surface area (Å²) in [5, 5.41) is 8.80. The molecule has 1 aromatic rings. The van der Waals surface area contributed by atoms with E-state index in [0.717, 1.165) is 19.3 Å². The lowest BCUT2D eigenvalue weighted by atomic mass is 9.96. The first kappa shape index (κ1) is 13.2. The summed E-state index contributed by atoms with van der Waals surface area (Å²) in [6.07, 6.45) is 2.69. The minimum Gasteiger partial charge on any atom is -0.396 e. The Bertz CT molecular complexity index is 318. The van der Waals surface area contributed by atoms with Crippen LogP contribution < -0.4 is 0 Å². The van der Waals surface area contributed by atoms with Crippen LogP contribution in [0.25, 0.3) is 0 Å². The van der Waals surface area contributed by atoms with Gasteiger partial charge >= 0.3 is 0 Å². The minimum absolute atomic E-state index is 0.115. The van der Waals surface area contributed by atoms with E-state index < -0.39 is 0 Å². The lowest BCUT2D eigenvalue weighted by molar-refractivity contribution is 0.0232. The van der Waals surface area contributed by atoms with Gasteiger partial charge < -0.3 is 9.84 Å². The van der Waals surface area contributed by atoms with E-state index in [1.807, 2.05) is 0 Å². The summed E-state index contributed by atoms with van der Waals surface area (Å²) in [5.74, 6) is 0. The van der Waals surface area contributed by atoms with Gasteiger partial charge in [0.1, 0.15) is 0 Å². The minimum atomic E-state index is -0.115. The molecule has 0 saturated carbocycles. The second kappa shape index (κ2) is 6.02. The molecule has 1 aromatic carbocycles. The lowest BCUT2D eigenvalue weighted by Gasteiger charge is -2.23. The van der Waals surface area contributed by atoms with Crippen LogP contribution >= 0.6 is 0 Å². The molecule has 0 amide bonds. The van der Waals surface area contributed by atoms with E-state index in [0.29, 0.717) is 0 Å². The zero-order chi connectivity index (χ0) is 12.0. The molecule has 0 aromatic heterocycles. The molecule has 0 aliphatic heterocycles. The molecule has 0 aliphatic carbocycles. The summed E-state index contributed by atoms with van der Waals surface area (Å²) in [5.41, 5.74) is 2.47. The van der Waals surface area contributed by atoms with Crippen molar-refractivity contribution in [2.75, 3.05) is 13.7 Å². The molecule has 16 heavy (non-hydrogen) atoms. The van der Waals surface area contributed by atoms with Gasteiger partial charge in [-0.25, -0.2) is 0 Å². The van der Waals surface area contributed by atoms with E-state index in [1.54, 1.807) is 7.11 Å². The standard InChI is InChI=1S/C14H22O2/c1-14(2,16-3)11-13-7-4-6-12(10-13)8-5-9-15/h4,6-7,10,15H,5,8-9,11H2,1-3H3. The summed E-state index contributed by atoms with van der Waals surface area (Å²) in [7, 11) is 1.75. The lowest BCUT2D eigenvalue weighted by Crippen LogP contribution is -2.25. The Labute approximate surface area is 98.3 Å². The Hall–Kier alpha value is -0.860. The Balaban J connectivity index is 2.67. The van der Waals surface area contributed by atoms with Crippen LogP contribution in [0.4, 0.5) is 0 Å². The number of hydrogen-bond donors (Lipinski definition) is 1. The van der Waals surface area contributed by atoms with Crippen molar-refractivity contribution < 1.29 is 9.84 Å². The molecule has 2 nitrogen and oxygen atoms in total. The summed E-state index contributed by atoms with van der Waals surface area (Å²) < 4.78 is 5.42. The fourth-order valence-electron chi connectivity index (χ4n) is 1.74. The first-order chi connectivity index (χ1) is 7.57. The Morgan fingerprint density at radius 1 is 1.25 bits per heavy atom. The third kappa shape index (κ3) is 4.33. The Morgan fingerprint density at radius 3 is 2.56 bits per heavy atom. The molecule has 1 N–H and O–H groups in total. The largest absolute Gasteiger partial charge is 0.396 e. The van der Waals surface area contributed by atoms with Crippen LogP contribution in [0.3, 0.4) is 0 Å². The fraction of sp³-hybridized carbons (Fsp3) is 0.571. The number of rotatable bonds is 6. The van der Waals surface area contributed by atoms with E-state index in [9.17, 15) is 0 Å². The maximum atomic E-state index is 8.80. The van der Waals surface area contributed by atoms with Gasteiger partial charge in [0.2, 0.25) is 0 Å². The van der Waals surface area contributed by atoms with E-state index >= 15 is 0 Å². The normalized spacial score (nSPS) is 11.8. The van der Waals surface area contributed by atoms with Crippen LogP contribution in [0, 0.1) is 0 Å². The average molecular weight is 222 g/mol. The molecule has 0 fully saturated rings. The highest BCUT2D eigenvalue weighted by Crippen LogP contribution is 2.17. The number of ether oxygens (including phenoxy) is 1. The van der Waals surface area contributed by atoms with Crippen molar-refractivity contribution in [2.24, 2.45) is 0 Å². The van der Waals surface area contributed by atoms with E-state index in [1.165, 1.54) is 11.1 Å². The van der Waals surface area contributed by atoms with Gasteiger partial charge in [-0.05, 0) is 37.8 Å². The van der Waals surface area contributed by atoms with Gasteiger partial charge in [-0.15, -0.1) is 0 Å². The van der Waals surface area contributed by atoms with Crippen LogP contribution in [0.15, 0.2) is 24.3 Å². The number of aryl methyl sites for hydroxylation is 1. The van der Waals surface area contributed by atoms with Crippen LogP contribution in [-0.2, 0) is 17.6 Å². The SMILES string of the molecule is COC(C)(C)Cc1cccc(CCCO)c1. The quantitative estimate of drug-likeness (QED) is 0.801. The van der Waals surface area contributed by atoms with Crippen molar-refractivity contribution in [3.05, 3.63) is 35.4 Å². The Morgan fingerprint density at radius 2 is 1.94 bits per heavy atom. The topological polar surface area (TPSA) is 29.5 Å². The molecule has 0 atom stereocenters. The Kier molecular flexibility index (Phi) is 4.97. The predicted molar refractivity (Wildman–Crippen MR) is 66.6 cm³/mol. The molecule has 1 rings (SSSR count). The summed E-state index contributed by atoms with van der Waals surface area (Å²) in [4.78, 5) is 0. The van der Waals surface area contributed by atoms with Gasteiger partial charge in [-0.3, -0.25) is 0 Å². The van der Waals surface area contributed by atoms with Crippen molar-refractivity contribution in [3.8, 4) is 0 Å². The molecule has 0 radical (unpaired) electrons. The molecule has 2 heteroatoms. The number of aliphatic hydroxyl groups excluding tert-OH is 1. The van der Waals surface area contributed by atoms with Crippen LogP contribution in [0.1, 0.15) is 31.4 Å². The maximum Gasteiger partial charge on any atom is 0.0662 e. The van der Waals surface area contributed by atoms with E-state index in [-0.39, 0.29) is 12.2 Å². The molecule has 90 valence electrons. The number of hydrogen-bond acceptors (Lipinski definition) is 2. The average Bonchev–Trinajstić information content (AvgIpc) is 2.26. The van der Waals surface area contributed by atoms with Gasteiger partial charge in [-0.1, -0.05) is 24.3 Å². The number of aliphatic hydroxyl groups is 1. The van der Waals surface area contributed by atoms with E-state index in [4.69, 9.17) is 9.84 Å². The number of benzene rings is 1. The van der Waals surface area contributed by atoms with E-state index in [2.05, 4.69) is 38.1 Å². The smallest absolute Gasteiger partial charge is 0.0662 e. The highest BCUT2D eigenvalue weighted by molar-refractivity contribution is 5.24.